The van der Waals surface area contributed by atoms with E-state index in [4.69, 9.17) is 14.2 Å². The highest BCUT2D eigenvalue weighted by Gasteiger charge is 2.18. The highest BCUT2D eigenvalue weighted by atomic mass is 32.2. The average Bonchev–Trinajstić information content (AvgIpc) is 2.93. The van der Waals surface area contributed by atoms with Gasteiger partial charge in [0.15, 0.2) is 11.5 Å². The number of ether oxygens (including phenoxy) is 3. The van der Waals surface area contributed by atoms with Crippen molar-refractivity contribution in [3.8, 4) is 17.2 Å². The zero-order valence-corrected chi connectivity index (χ0v) is 14.5. The predicted molar refractivity (Wildman–Crippen MR) is 90.2 cm³/mol. The molecule has 0 aliphatic carbocycles. The van der Waals surface area contributed by atoms with Gasteiger partial charge in [-0.3, -0.25) is 4.72 Å². The van der Waals surface area contributed by atoms with Crippen LogP contribution in [0.5, 0.6) is 17.2 Å². The van der Waals surface area contributed by atoms with Gasteiger partial charge in [0, 0.05) is 6.07 Å². The number of benzene rings is 2. The van der Waals surface area contributed by atoms with Crippen molar-refractivity contribution in [2.24, 2.45) is 0 Å². The summed E-state index contributed by atoms with van der Waals surface area (Å²) in [6.45, 7) is 5.93. The summed E-state index contributed by atoms with van der Waals surface area (Å²) in [6, 6.07) is 11.2. The number of anilines is 1. The topological polar surface area (TPSA) is 73.9 Å². The maximum atomic E-state index is 12.5. The Morgan fingerprint density at radius 1 is 1.00 bits per heavy atom. The number of nitrogens with one attached hydrogen (secondary N) is 1. The lowest BCUT2D eigenvalue weighted by atomic mass is 10.2. The molecule has 0 spiro atoms. The standard InChI is InChI=1S/C17H19NO5S/c1-17(2,3)23-13-5-7-14(8-6-13)24(19,20)18-12-4-9-15-16(10-12)22-11-21-15/h4-10,18H,11H2,1-3H3. The first kappa shape index (κ1) is 16.4. The average molecular weight is 349 g/mol. The second-order valence-corrected chi connectivity index (χ2v) is 8.04. The second-order valence-electron chi connectivity index (χ2n) is 6.36. The minimum atomic E-state index is -3.69. The monoisotopic (exact) mass is 349 g/mol. The molecule has 0 amide bonds. The molecular weight excluding hydrogens is 330 g/mol. The SMILES string of the molecule is CC(C)(C)Oc1ccc(S(=O)(=O)Nc2ccc3c(c2)OCO3)cc1. The van der Waals surface area contributed by atoms with Gasteiger partial charge in [-0.05, 0) is 57.2 Å². The molecule has 0 atom stereocenters. The van der Waals surface area contributed by atoms with E-state index in [0.717, 1.165) is 0 Å². The van der Waals surface area contributed by atoms with Gasteiger partial charge in [0.05, 0.1) is 10.6 Å². The van der Waals surface area contributed by atoms with Gasteiger partial charge >= 0.3 is 0 Å². The minimum absolute atomic E-state index is 0.140. The summed E-state index contributed by atoms with van der Waals surface area (Å²) in [6.07, 6.45) is 0. The summed E-state index contributed by atoms with van der Waals surface area (Å²) in [4.78, 5) is 0.154. The molecule has 7 heteroatoms. The lowest BCUT2D eigenvalue weighted by Crippen LogP contribution is -2.23. The third-order valence-electron chi connectivity index (χ3n) is 3.18. The number of hydrogen-bond acceptors (Lipinski definition) is 5. The van der Waals surface area contributed by atoms with Crippen molar-refractivity contribution in [2.75, 3.05) is 11.5 Å². The molecule has 1 N–H and O–H groups in total. The van der Waals surface area contributed by atoms with Gasteiger partial charge in [0.2, 0.25) is 6.79 Å². The lowest BCUT2D eigenvalue weighted by molar-refractivity contribution is 0.131. The van der Waals surface area contributed by atoms with Crippen LogP contribution < -0.4 is 18.9 Å². The summed E-state index contributed by atoms with van der Waals surface area (Å²) < 4.78 is 43.6. The van der Waals surface area contributed by atoms with E-state index in [1.807, 2.05) is 20.8 Å². The van der Waals surface area contributed by atoms with E-state index in [-0.39, 0.29) is 17.3 Å². The van der Waals surface area contributed by atoms with Crippen LogP contribution in [0.4, 0.5) is 5.69 Å². The van der Waals surface area contributed by atoms with Crippen LogP contribution >= 0.6 is 0 Å². The van der Waals surface area contributed by atoms with Crippen molar-refractivity contribution in [2.45, 2.75) is 31.3 Å². The minimum Gasteiger partial charge on any atom is -0.488 e. The maximum absolute atomic E-state index is 12.5. The molecule has 0 saturated carbocycles. The molecular formula is C17H19NO5S. The van der Waals surface area contributed by atoms with Crippen molar-refractivity contribution in [3.63, 3.8) is 0 Å². The van der Waals surface area contributed by atoms with Gasteiger partial charge in [-0.2, -0.15) is 0 Å². The predicted octanol–water partition coefficient (Wildman–Crippen LogP) is 3.39. The van der Waals surface area contributed by atoms with Gasteiger partial charge in [-0.15, -0.1) is 0 Å². The number of hydrogen-bond donors (Lipinski definition) is 1. The first-order chi connectivity index (χ1) is 11.2. The van der Waals surface area contributed by atoms with E-state index in [2.05, 4.69) is 4.72 Å². The van der Waals surface area contributed by atoms with E-state index >= 15 is 0 Å². The Morgan fingerprint density at radius 3 is 2.33 bits per heavy atom. The van der Waals surface area contributed by atoms with Crippen molar-refractivity contribution >= 4 is 15.7 Å². The van der Waals surface area contributed by atoms with E-state index in [9.17, 15) is 8.42 Å². The fourth-order valence-corrected chi connectivity index (χ4v) is 3.26. The Morgan fingerprint density at radius 2 is 1.67 bits per heavy atom. The van der Waals surface area contributed by atoms with E-state index in [0.29, 0.717) is 22.9 Å². The summed E-state index contributed by atoms with van der Waals surface area (Å²) >= 11 is 0. The van der Waals surface area contributed by atoms with Crippen LogP contribution in [0.1, 0.15) is 20.8 Å². The van der Waals surface area contributed by atoms with Crippen molar-refractivity contribution in [1.29, 1.82) is 0 Å². The third kappa shape index (κ3) is 3.73. The van der Waals surface area contributed by atoms with Crippen LogP contribution in [0.25, 0.3) is 0 Å². The molecule has 0 bridgehead atoms. The Balaban J connectivity index is 1.78. The fourth-order valence-electron chi connectivity index (χ4n) is 2.21. The zero-order valence-electron chi connectivity index (χ0n) is 13.7. The number of sulfonamides is 1. The molecule has 1 aliphatic heterocycles. The fraction of sp³-hybridized carbons (Fsp3) is 0.294. The quantitative estimate of drug-likeness (QED) is 0.916. The Bertz CT molecular complexity index is 838. The summed E-state index contributed by atoms with van der Waals surface area (Å²) in [5, 5.41) is 0. The molecule has 2 aromatic rings. The van der Waals surface area contributed by atoms with Crippen LogP contribution in [0.3, 0.4) is 0 Å². The second kappa shape index (κ2) is 5.90. The van der Waals surface area contributed by atoms with Gasteiger partial charge in [-0.25, -0.2) is 8.42 Å². The van der Waals surface area contributed by atoms with Crippen LogP contribution in [0, 0.1) is 0 Å². The summed E-state index contributed by atoms with van der Waals surface area (Å²) in [5.41, 5.74) is 0.0692. The van der Waals surface area contributed by atoms with Gasteiger partial charge < -0.3 is 14.2 Å². The molecule has 0 aromatic heterocycles. The highest BCUT2D eigenvalue weighted by Crippen LogP contribution is 2.34. The maximum Gasteiger partial charge on any atom is 0.261 e. The first-order valence-electron chi connectivity index (χ1n) is 7.44. The summed E-state index contributed by atoms with van der Waals surface area (Å²) in [7, 11) is -3.69. The van der Waals surface area contributed by atoms with E-state index < -0.39 is 10.0 Å². The summed E-state index contributed by atoms with van der Waals surface area (Å²) in [5.74, 6) is 1.73. The van der Waals surface area contributed by atoms with Crippen LogP contribution in [-0.2, 0) is 10.0 Å². The first-order valence-corrected chi connectivity index (χ1v) is 8.93. The zero-order chi connectivity index (χ0) is 17.4. The number of fused-ring (bicyclic) bond motifs is 1. The van der Waals surface area contributed by atoms with Crippen LogP contribution in [-0.4, -0.2) is 20.8 Å². The molecule has 0 saturated heterocycles. The van der Waals surface area contributed by atoms with E-state index in [1.54, 1.807) is 30.3 Å². The molecule has 1 heterocycles. The third-order valence-corrected chi connectivity index (χ3v) is 4.58. The molecule has 0 fully saturated rings. The molecule has 3 rings (SSSR count). The van der Waals surface area contributed by atoms with Gasteiger partial charge in [-0.1, -0.05) is 0 Å². The smallest absolute Gasteiger partial charge is 0.261 e. The Hall–Kier alpha value is -2.41. The molecule has 6 nitrogen and oxygen atoms in total. The molecule has 0 unspecified atom stereocenters. The highest BCUT2D eigenvalue weighted by molar-refractivity contribution is 7.92. The molecule has 2 aromatic carbocycles. The van der Waals surface area contributed by atoms with Crippen molar-refractivity contribution in [3.05, 3.63) is 42.5 Å². The van der Waals surface area contributed by atoms with Gasteiger partial charge in [0.1, 0.15) is 11.4 Å². The van der Waals surface area contributed by atoms with Crippen molar-refractivity contribution < 1.29 is 22.6 Å². The Kier molecular flexibility index (Phi) is 4.04. The van der Waals surface area contributed by atoms with Crippen LogP contribution in [0.15, 0.2) is 47.4 Å². The van der Waals surface area contributed by atoms with Crippen LogP contribution in [0.2, 0.25) is 0 Å². The Labute approximate surface area is 141 Å². The molecule has 0 radical (unpaired) electrons. The van der Waals surface area contributed by atoms with Gasteiger partial charge in [0.25, 0.3) is 10.0 Å². The largest absolute Gasteiger partial charge is 0.488 e. The molecule has 128 valence electrons. The lowest BCUT2D eigenvalue weighted by Gasteiger charge is -2.21. The van der Waals surface area contributed by atoms with E-state index in [1.165, 1.54) is 12.1 Å². The molecule has 24 heavy (non-hydrogen) atoms. The number of rotatable bonds is 4. The normalized spacial score (nSPS) is 13.6. The van der Waals surface area contributed by atoms with Crippen molar-refractivity contribution in [1.82, 2.24) is 0 Å². The molecule has 1 aliphatic rings.